The molecule has 0 aliphatic rings. The molecule has 1 aromatic carbocycles. The van der Waals surface area contributed by atoms with Crippen molar-refractivity contribution in [2.75, 3.05) is 5.32 Å². The summed E-state index contributed by atoms with van der Waals surface area (Å²) in [6, 6.07) is 8.29. The SMILES string of the molecule is Cc1ccc(-c2nc(CC(=O)Nc3ccc(C)c([N+](=O)[O-])c3)cs2)o1. The molecule has 8 heteroatoms. The van der Waals surface area contributed by atoms with E-state index < -0.39 is 4.92 Å². The van der Waals surface area contributed by atoms with Crippen LogP contribution in [0.1, 0.15) is 17.0 Å². The van der Waals surface area contributed by atoms with Gasteiger partial charge in [0, 0.05) is 22.7 Å². The van der Waals surface area contributed by atoms with Crippen LogP contribution in [0.15, 0.2) is 40.1 Å². The van der Waals surface area contributed by atoms with Crippen LogP contribution >= 0.6 is 11.3 Å². The fraction of sp³-hybridized carbons (Fsp3) is 0.176. The van der Waals surface area contributed by atoms with Crippen molar-refractivity contribution in [3.05, 3.63) is 62.8 Å². The molecule has 3 rings (SSSR count). The number of aryl methyl sites for hydroxylation is 2. The number of hydrogen-bond acceptors (Lipinski definition) is 6. The summed E-state index contributed by atoms with van der Waals surface area (Å²) in [4.78, 5) is 27.0. The summed E-state index contributed by atoms with van der Waals surface area (Å²) in [6.45, 7) is 3.50. The maximum Gasteiger partial charge on any atom is 0.274 e. The van der Waals surface area contributed by atoms with Gasteiger partial charge in [-0.1, -0.05) is 6.07 Å². The molecule has 0 bridgehead atoms. The first kappa shape index (κ1) is 16.8. The van der Waals surface area contributed by atoms with E-state index in [-0.39, 0.29) is 18.0 Å². The van der Waals surface area contributed by atoms with Crippen molar-refractivity contribution in [3.63, 3.8) is 0 Å². The predicted octanol–water partition coefficient (Wildman–Crippen LogP) is 4.11. The van der Waals surface area contributed by atoms with Crippen molar-refractivity contribution in [3.8, 4) is 10.8 Å². The summed E-state index contributed by atoms with van der Waals surface area (Å²) in [5.74, 6) is 1.18. The second-order valence-corrected chi connectivity index (χ2v) is 6.40. The Hall–Kier alpha value is -3.00. The smallest absolute Gasteiger partial charge is 0.274 e. The van der Waals surface area contributed by atoms with Gasteiger partial charge < -0.3 is 9.73 Å². The highest BCUT2D eigenvalue weighted by atomic mass is 32.1. The highest BCUT2D eigenvalue weighted by Crippen LogP contribution is 2.26. The standard InChI is InChI=1S/C17H15N3O4S/c1-10-3-5-12(7-14(10)20(22)23)18-16(21)8-13-9-25-17(19-13)15-6-4-11(2)24-15/h3-7,9H,8H2,1-2H3,(H,18,21). The average Bonchev–Trinajstić information content (AvgIpc) is 3.17. The number of nitrogens with one attached hydrogen (secondary N) is 1. The van der Waals surface area contributed by atoms with Crippen LogP contribution in [0.4, 0.5) is 11.4 Å². The van der Waals surface area contributed by atoms with Crippen LogP contribution in [0.2, 0.25) is 0 Å². The zero-order valence-electron chi connectivity index (χ0n) is 13.6. The quantitative estimate of drug-likeness (QED) is 0.547. The zero-order chi connectivity index (χ0) is 18.0. The van der Waals surface area contributed by atoms with E-state index in [0.29, 0.717) is 27.7 Å². The van der Waals surface area contributed by atoms with E-state index in [1.807, 2.05) is 19.1 Å². The van der Waals surface area contributed by atoms with E-state index in [4.69, 9.17) is 4.42 Å². The van der Waals surface area contributed by atoms with Crippen molar-refractivity contribution >= 4 is 28.6 Å². The van der Waals surface area contributed by atoms with Gasteiger partial charge in [0.05, 0.1) is 17.0 Å². The maximum atomic E-state index is 12.2. The number of thiazole rings is 1. The number of carbonyl (C=O) groups excluding carboxylic acids is 1. The van der Waals surface area contributed by atoms with Crippen LogP contribution < -0.4 is 5.32 Å². The Labute approximate surface area is 147 Å². The van der Waals surface area contributed by atoms with Gasteiger partial charge in [0.2, 0.25) is 5.91 Å². The molecule has 0 radical (unpaired) electrons. The number of aromatic nitrogens is 1. The van der Waals surface area contributed by atoms with Gasteiger partial charge in [-0.05, 0) is 32.0 Å². The number of hydrogen-bond donors (Lipinski definition) is 1. The lowest BCUT2D eigenvalue weighted by Gasteiger charge is -2.05. The molecule has 7 nitrogen and oxygen atoms in total. The lowest BCUT2D eigenvalue weighted by Crippen LogP contribution is -2.14. The summed E-state index contributed by atoms with van der Waals surface area (Å²) in [6.07, 6.45) is 0.0812. The van der Waals surface area contributed by atoms with Gasteiger partial charge in [0.15, 0.2) is 10.8 Å². The normalized spacial score (nSPS) is 10.6. The average molecular weight is 357 g/mol. The molecule has 1 N–H and O–H groups in total. The van der Waals surface area contributed by atoms with Crippen LogP contribution in [0, 0.1) is 24.0 Å². The molecule has 0 unspecified atom stereocenters. The minimum absolute atomic E-state index is 0.0260. The van der Waals surface area contributed by atoms with E-state index in [2.05, 4.69) is 10.3 Å². The third-order valence-corrected chi connectivity index (χ3v) is 4.44. The Balaban J connectivity index is 1.68. The topological polar surface area (TPSA) is 98.3 Å². The van der Waals surface area contributed by atoms with Crippen molar-refractivity contribution in [2.24, 2.45) is 0 Å². The first-order chi connectivity index (χ1) is 11.9. The zero-order valence-corrected chi connectivity index (χ0v) is 14.4. The first-order valence-electron chi connectivity index (χ1n) is 7.48. The third kappa shape index (κ3) is 3.92. The molecular weight excluding hydrogens is 342 g/mol. The fourth-order valence-corrected chi connectivity index (χ4v) is 3.08. The van der Waals surface area contributed by atoms with Gasteiger partial charge in [-0.25, -0.2) is 4.98 Å². The van der Waals surface area contributed by atoms with Crippen molar-refractivity contribution < 1.29 is 14.1 Å². The van der Waals surface area contributed by atoms with Gasteiger partial charge in [0.1, 0.15) is 5.76 Å². The molecule has 0 aliphatic heterocycles. The molecule has 1 amide bonds. The summed E-state index contributed by atoms with van der Waals surface area (Å²) in [5, 5.41) is 16.1. The Bertz CT molecular complexity index is 945. The van der Waals surface area contributed by atoms with Gasteiger partial charge in [-0.2, -0.15) is 0 Å². The van der Waals surface area contributed by atoms with Gasteiger partial charge in [0.25, 0.3) is 5.69 Å². The number of nitro groups is 1. The lowest BCUT2D eigenvalue weighted by atomic mass is 10.2. The molecule has 0 fully saturated rings. The Morgan fingerprint density at radius 3 is 2.80 bits per heavy atom. The molecule has 25 heavy (non-hydrogen) atoms. The van der Waals surface area contributed by atoms with Crippen molar-refractivity contribution in [1.29, 1.82) is 0 Å². The van der Waals surface area contributed by atoms with Crippen LogP contribution in [0.25, 0.3) is 10.8 Å². The Kier molecular flexibility index (Phi) is 4.62. The molecular formula is C17H15N3O4S. The Morgan fingerprint density at radius 2 is 2.12 bits per heavy atom. The second-order valence-electron chi connectivity index (χ2n) is 5.54. The molecule has 3 aromatic rings. The predicted molar refractivity (Wildman–Crippen MR) is 94.7 cm³/mol. The maximum absolute atomic E-state index is 12.2. The first-order valence-corrected chi connectivity index (χ1v) is 8.36. The Morgan fingerprint density at radius 1 is 1.32 bits per heavy atom. The minimum atomic E-state index is -0.469. The number of amides is 1. The van der Waals surface area contributed by atoms with Gasteiger partial charge in [-0.15, -0.1) is 11.3 Å². The van der Waals surface area contributed by atoms with E-state index >= 15 is 0 Å². The van der Waals surface area contributed by atoms with E-state index in [1.165, 1.54) is 17.4 Å². The number of nitro benzene ring substituents is 1. The number of furan rings is 1. The number of nitrogens with zero attached hydrogens (tertiary/aromatic N) is 2. The molecule has 0 saturated heterocycles. The van der Waals surface area contributed by atoms with E-state index in [1.54, 1.807) is 24.4 Å². The number of anilines is 1. The third-order valence-electron chi connectivity index (χ3n) is 3.53. The number of rotatable bonds is 5. The van der Waals surface area contributed by atoms with Crippen molar-refractivity contribution in [1.82, 2.24) is 4.98 Å². The second kappa shape index (κ2) is 6.86. The number of carbonyl (C=O) groups is 1. The molecule has 2 aromatic heterocycles. The van der Waals surface area contributed by atoms with Crippen LogP contribution in [0.3, 0.4) is 0 Å². The summed E-state index contributed by atoms with van der Waals surface area (Å²) >= 11 is 1.40. The number of benzene rings is 1. The fourth-order valence-electron chi connectivity index (χ4n) is 2.30. The molecule has 0 spiro atoms. The van der Waals surface area contributed by atoms with Crippen LogP contribution in [-0.4, -0.2) is 15.8 Å². The monoisotopic (exact) mass is 357 g/mol. The highest BCUT2D eigenvalue weighted by molar-refractivity contribution is 7.13. The van der Waals surface area contributed by atoms with E-state index in [9.17, 15) is 14.9 Å². The van der Waals surface area contributed by atoms with Crippen molar-refractivity contribution in [2.45, 2.75) is 20.3 Å². The molecule has 0 atom stereocenters. The van der Waals surface area contributed by atoms with Crippen LogP contribution in [0.5, 0.6) is 0 Å². The minimum Gasteiger partial charge on any atom is -0.459 e. The molecule has 0 saturated carbocycles. The molecule has 128 valence electrons. The summed E-state index contributed by atoms with van der Waals surface area (Å²) < 4.78 is 5.51. The largest absolute Gasteiger partial charge is 0.459 e. The summed E-state index contributed by atoms with van der Waals surface area (Å²) in [5.41, 5.74) is 1.52. The highest BCUT2D eigenvalue weighted by Gasteiger charge is 2.14. The lowest BCUT2D eigenvalue weighted by molar-refractivity contribution is -0.385. The molecule has 0 aliphatic carbocycles. The van der Waals surface area contributed by atoms with Gasteiger partial charge >= 0.3 is 0 Å². The molecule has 2 heterocycles. The van der Waals surface area contributed by atoms with Gasteiger partial charge in [-0.3, -0.25) is 14.9 Å². The summed E-state index contributed by atoms with van der Waals surface area (Å²) in [7, 11) is 0. The van der Waals surface area contributed by atoms with Crippen LogP contribution in [-0.2, 0) is 11.2 Å². The van der Waals surface area contributed by atoms with E-state index in [0.717, 1.165) is 5.76 Å².